The van der Waals surface area contributed by atoms with Crippen LogP contribution in [0.15, 0.2) is 66.4 Å². The van der Waals surface area contributed by atoms with Crippen molar-refractivity contribution in [3.8, 4) is 5.69 Å². The standard InChI is InChI=1S/C37H44N4O4/c1-4-38-34(44)37(45)16-15-29-28-14-13-26-18-30-25(19-35(26,2)32(28)31(42)20-36(29,37)3)22-40-41(30)27-12-8-11-24(17-27)33(43)39-21-23-9-6-5-7-10-23/h5-12,17-18,22,28-29,31-32,42,45H,4,13-16,19-21H2,1-3H3,(H,38,44)(H,39,43)/t28?,29?,31-,32?,35-,36-,37-/m0/s1. The van der Waals surface area contributed by atoms with Crippen molar-refractivity contribution in [3.05, 3.63) is 88.8 Å². The Balaban J connectivity index is 1.14. The third-order valence-corrected chi connectivity index (χ3v) is 11.9. The smallest absolute Gasteiger partial charge is 0.252 e. The number of aromatic nitrogens is 2. The van der Waals surface area contributed by atoms with E-state index >= 15 is 0 Å². The molecule has 1 heterocycles. The summed E-state index contributed by atoms with van der Waals surface area (Å²) in [6, 6.07) is 17.5. The van der Waals surface area contributed by atoms with Crippen LogP contribution in [0.4, 0.5) is 0 Å². The van der Waals surface area contributed by atoms with E-state index in [0.29, 0.717) is 31.5 Å². The molecule has 4 aliphatic rings. The summed E-state index contributed by atoms with van der Waals surface area (Å²) < 4.78 is 1.93. The van der Waals surface area contributed by atoms with Crippen molar-refractivity contribution in [1.29, 1.82) is 0 Å². The Bertz CT molecular complexity index is 1670. The summed E-state index contributed by atoms with van der Waals surface area (Å²) in [6.07, 6.45) is 7.84. The molecule has 8 nitrogen and oxygen atoms in total. The van der Waals surface area contributed by atoms with Crippen LogP contribution < -0.4 is 10.6 Å². The summed E-state index contributed by atoms with van der Waals surface area (Å²) in [6.45, 7) is 7.14. The van der Waals surface area contributed by atoms with Gasteiger partial charge in [0.15, 0.2) is 0 Å². The first kappa shape index (κ1) is 29.9. The second-order valence-electron chi connectivity index (χ2n) is 14.2. The van der Waals surface area contributed by atoms with Crippen LogP contribution in [0, 0.1) is 28.6 Å². The molecule has 3 saturated carbocycles. The molecule has 3 unspecified atom stereocenters. The van der Waals surface area contributed by atoms with Crippen molar-refractivity contribution in [2.24, 2.45) is 28.6 Å². The zero-order valence-electron chi connectivity index (χ0n) is 26.4. The minimum atomic E-state index is -1.45. The Hall–Kier alpha value is -3.75. The van der Waals surface area contributed by atoms with Gasteiger partial charge in [-0.3, -0.25) is 9.59 Å². The molecule has 8 heteroatoms. The topological polar surface area (TPSA) is 116 Å². The van der Waals surface area contributed by atoms with E-state index in [0.717, 1.165) is 48.2 Å². The highest BCUT2D eigenvalue weighted by molar-refractivity contribution is 5.94. The van der Waals surface area contributed by atoms with Gasteiger partial charge in [0.05, 0.1) is 23.7 Å². The molecule has 236 valence electrons. The van der Waals surface area contributed by atoms with Gasteiger partial charge in [-0.15, -0.1) is 0 Å². The molecule has 2 amide bonds. The molecule has 0 spiro atoms. The quantitative estimate of drug-likeness (QED) is 0.320. The number of hydrogen-bond acceptors (Lipinski definition) is 5. The van der Waals surface area contributed by atoms with E-state index in [1.165, 1.54) is 5.57 Å². The van der Waals surface area contributed by atoms with Gasteiger partial charge in [-0.25, -0.2) is 4.68 Å². The number of benzene rings is 2. The molecule has 4 N–H and O–H groups in total. The van der Waals surface area contributed by atoms with Crippen LogP contribution in [0.2, 0.25) is 0 Å². The van der Waals surface area contributed by atoms with Crippen LogP contribution in [0.1, 0.15) is 80.1 Å². The molecule has 0 saturated heterocycles. The molecule has 45 heavy (non-hydrogen) atoms. The summed E-state index contributed by atoms with van der Waals surface area (Å²) in [7, 11) is 0. The highest BCUT2D eigenvalue weighted by atomic mass is 16.3. The van der Waals surface area contributed by atoms with Crippen molar-refractivity contribution in [2.45, 2.75) is 77.5 Å². The molecule has 0 bridgehead atoms. The number of allylic oxidation sites excluding steroid dienone is 1. The van der Waals surface area contributed by atoms with Crippen LogP contribution in [0.3, 0.4) is 0 Å². The number of amides is 2. The number of nitrogens with zero attached hydrogens (tertiary/aromatic N) is 2. The summed E-state index contributed by atoms with van der Waals surface area (Å²) in [5.41, 5.74) is 3.60. The van der Waals surface area contributed by atoms with Crippen molar-refractivity contribution >= 4 is 17.9 Å². The summed E-state index contributed by atoms with van der Waals surface area (Å²) >= 11 is 0. The summed E-state index contributed by atoms with van der Waals surface area (Å²) in [4.78, 5) is 26.1. The number of rotatable bonds is 6. The maximum Gasteiger partial charge on any atom is 0.252 e. The molecule has 0 aliphatic heterocycles. The lowest BCUT2D eigenvalue weighted by atomic mass is 9.45. The predicted octanol–water partition coefficient (Wildman–Crippen LogP) is 4.82. The predicted molar refractivity (Wildman–Crippen MR) is 172 cm³/mol. The van der Waals surface area contributed by atoms with Crippen molar-refractivity contribution in [1.82, 2.24) is 20.4 Å². The molecule has 7 atom stereocenters. The largest absolute Gasteiger partial charge is 0.393 e. The molecular weight excluding hydrogens is 564 g/mol. The normalized spacial score (nSPS) is 33.2. The van der Waals surface area contributed by atoms with E-state index in [1.807, 2.05) is 79.3 Å². The number of hydrogen-bond donors (Lipinski definition) is 4. The fourth-order valence-electron chi connectivity index (χ4n) is 9.73. The van der Waals surface area contributed by atoms with Crippen LogP contribution >= 0.6 is 0 Å². The monoisotopic (exact) mass is 608 g/mol. The number of aliphatic hydroxyl groups is 2. The molecule has 0 radical (unpaired) electrons. The van der Waals surface area contributed by atoms with Crippen LogP contribution in [0.5, 0.6) is 0 Å². The minimum Gasteiger partial charge on any atom is -0.393 e. The second kappa shape index (κ2) is 11.0. The molecule has 3 fully saturated rings. The van der Waals surface area contributed by atoms with Gasteiger partial charge in [0.2, 0.25) is 0 Å². The first-order chi connectivity index (χ1) is 21.6. The minimum absolute atomic E-state index is 0.0419. The van der Waals surface area contributed by atoms with E-state index in [-0.39, 0.29) is 35.0 Å². The van der Waals surface area contributed by atoms with Gasteiger partial charge >= 0.3 is 0 Å². The Kier molecular flexibility index (Phi) is 7.28. The van der Waals surface area contributed by atoms with Gasteiger partial charge < -0.3 is 20.8 Å². The highest BCUT2D eigenvalue weighted by Gasteiger charge is 2.68. The van der Waals surface area contributed by atoms with E-state index in [9.17, 15) is 19.8 Å². The van der Waals surface area contributed by atoms with Crippen LogP contribution in [-0.2, 0) is 17.8 Å². The second-order valence-corrected chi connectivity index (χ2v) is 14.2. The average Bonchev–Trinajstić information content (AvgIpc) is 3.56. The Morgan fingerprint density at radius 2 is 1.87 bits per heavy atom. The van der Waals surface area contributed by atoms with Gasteiger partial charge in [-0.2, -0.15) is 5.10 Å². The van der Waals surface area contributed by atoms with Crippen molar-refractivity contribution < 1.29 is 19.8 Å². The average molecular weight is 609 g/mol. The third kappa shape index (κ3) is 4.59. The third-order valence-electron chi connectivity index (χ3n) is 11.9. The fourth-order valence-corrected chi connectivity index (χ4v) is 9.73. The van der Waals surface area contributed by atoms with Crippen molar-refractivity contribution in [2.75, 3.05) is 6.54 Å². The van der Waals surface area contributed by atoms with E-state index in [1.54, 1.807) is 0 Å². The highest BCUT2D eigenvalue weighted by Crippen LogP contribution is 2.67. The molecule has 2 aromatic carbocycles. The Morgan fingerprint density at radius 1 is 1.07 bits per heavy atom. The van der Waals surface area contributed by atoms with E-state index < -0.39 is 17.1 Å². The summed E-state index contributed by atoms with van der Waals surface area (Å²) in [5.74, 6) is 0.0232. The molecular formula is C37H44N4O4. The van der Waals surface area contributed by atoms with Crippen LogP contribution in [0.25, 0.3) is 11.8 Å². The molecule has 3 aromatic rings. The van der Waals surface area contributed by atoms with Crippen LogP contribution in [-0.4, -0.2) is 50.1 Å². The first-order valence-electron chi connectivity index (χ1n) is 16.5. The Morgan fingerprint density at radius 3 is 2.64 bits per heavy atom. The zero-order valence-corrected chi connectivity index (χ0v) is 26.4. The van der Waals surface area contributed by atoms with Crippen molar-refractivity contribution in [3.63, 3.8) is 0 Å². The molecule has 7 rings (SSSR count). The van der Waals surface area contributed by atoms with Gasteiger partial charge in [-0.1, -0.05) is 55.8 Å². The number of carbonyl (C=O) groups is 2. The number of carbonyl (C=O) groups excluding carboxylic acids is 2. The van der Waals surface area contributed by atoms with Gasteiger partial charge in [0.1, 0.15) is 5.60 Å². The lowest BCUT2D eigenvalue weighted by Crippen LogP contribution is -2.63. The van der Waals surface area contributed by atoms with Gasteiger partial charge in [0.25, 0.3) is 11.8 Å². The molecule has 4 aliphatic carbocycles. The fraction of sp³-hybridized carbons (Fsp3) is 0.486. The number of likely N-dealkylation sites (N-methyl/N-ethyl adjacent to an activating group) is 1. The number of fused-ring (bicyclic) bond motifs is 6. The Labute approximate surface area is 264 Å². The zero-order chi connectivity index (χ0) is 31.6. The van der Waals surface area contributed by atoms with Gasteiger partial charge in [-0.05, 0) is 104 Å². The first-order valence-corrected chi connectivity index (χ1v) is 16.5. The number of aliphatic hydroxyl groups excluding tert-OH is 1. The van der Waals surface area contributed by atoms with E-state index in [4.69, 9.17) is 5.10 Å². The maximum absolute atomic E-state index is 13.1. The molecule has 1 aromatic heterocycles. The van der Waals surface area contributed by atoms with E-state index in [2.05, 4.69) is 23.6 Å². The summed E-state index contributed by atoms with van der Waals surface area (Å²) in [5, 5.41) is 34.3. The maximum atomic E-state index is 13.1. The SMILES string of the molecule is CCNC(=O)[C@@]1(O)CCC2C3CCC4=Cc5c(cnn5-c5cccc(C(=O)NCc6ccccc6)c5)C[C@]4(C)C3[C@@H](O)C[C@@]21C. The lowest BCUT2D eigenvalue weighted by Gasteiger charge is -2.60. The lowest BCUT2D eigenvalue weighted by molar-refractivity contribution is -0.180. The van der Waals surface area contributed by atoms with Gasteiger partial charge in [0, 0.05) is 24.1 Å². The number of nitrogens with one attached hydrogen (secondary N) is 2.